The summed E-state index contributed by atoms with van der Waals surface area (Å²) in [6.07, 6.45) is 0. The molecule has 0 unspecified atom stereocenters. The highest BCUT2D eigenvalue weighted by atomic mass is 32.2. The zero-order valence-corrected chi connectivity index (χ0v) is 15.0. The van der Waals surface area contributed by atoms with Crippen molar-refractivity contribution in [2.75, 3.05) is 11.1 Å². The van der Waals surface area contributed by atoms with Crippen LogP contribution in [0.1, 0.15) is 11.1 Å². The van der Waals surface area contributed by atoms with Crippen molar-refractivity contribution < 1.29 is 9.18 Å². The molecule has 0 fully saturated rings. The minimum atomic E-state index is -0.298. The zero-order chi connectivity index (χ0) is 17.5. The van der Waals surface area contributed by atoms with Crippen LogP contribution in [0, 0.1) is 19.7 Å². The van der Waals surface area contributed by atoms with E-state index < -0.39 is 0 Å². The fraction of sp³-hybridized carbons (Fsp3) is 0.176. The number of carbonyl (C=O) groups is 1. The van der Waals surface area contributed by atoms with Crippen LogP contribution in [0.25, 0.3) is 0 Å². The maximum absolute atomic E-state index is 12.8. The Balaban J connectivity index is 1.75. The number of nitrogens with one attached hydrogen (secondary N) is 3. The number of amides is 1. The minimum absolute atomic E-state index is 0.199. The van der Waals surface area contributed by atoms with Crippen LogP contribution in [0.5, 0.6) is 0 Å². The molecule has 0 heterocycles. The van der Waals surface area contributed by atoms with Gasteiger partial charge in [0.25, 0.3) is 0 Å². The average Bonchev–Trinajstić information content (AvgIpc) is 2.56. The van der Waals surface area contributed by atoms with Gasteiger partial charge >= 0.3 is 0 Å². The van der Waals surface area contributed by atoms with Crippen molar-refractivity contribution >= 4 is 40.7 Å². The number of hydrogen-bond donors (Lipinski definition) is 3. The number of rotatable bonds is 4. The van der Waals surface area contributed by atoms with E-state index in [1.54, 1.807) is 12.1 Å². The fourth-order valence-corrected chi connectivity index (χ4v) is 2.74. The van der Waals surface area contributed by atoms with Crippen LogP contribution >= 0.6 is 24.0 Å². The number of anilines is 1. The predicted octanol–water partition coefficient (Wildman–Crippen LogP) is 3.55. The van der Waals surface area contributed by atoms with Gasteiger partial charge in [-0.15, -0.1) is 11.8 Å². The molecule has 2 aromatic rings. The second-order valence-electron chi connectivity index (χ2n) is 5.12. The van der Waals surface area contributed by atoms with Crippen LogP contribution in [0.4, 0.5) is 10.1 Å². The third-order valence-electron chi connectivity index (χ3n) is 3.35. The van der Waals surface area contributed by atoms with E-state index in [1.807, 2.05) is 32.0 Å². The molecule has 2 rings (SSSR count). The standard InChI is InChI=1S/C17H18FN3OS2/c1-11-4-3-5-15(12(11)2)19-17(23)21-20-16(22)10-24-14-8-6-13(18)7-9-14/h3-9H,10H2,1-2H3,(H,20,22)(H2,19,21,23). The topological polar surface area (TPSA) is 53.2 Å². The van der Waals surface area contributed by atoms with Crippen LogP contribution in [-0.2, 0) is 4.79 Å². The first-order valence-electron chi connectivity index (χ1n) is 7.26. The van der Waals surface area contributed by atoms with Gasteiger partial charge in [0.15, 0.2) is 5.11 Å². The molecule has 3 N–H and O–H groups in total. The summed E-state index contributed by atoms with van der Waals surface area (Å²) in [5.41, 5.74) is 8.34. The Hall–Kier alpha value is -2.12. The number of hydrazine groups is 1. The molecule has 0 bridgehead atoms. The second-order valence-corrected chi connectivity index (χ2v) is 6.57. The van der Waals surface area contributed by atoms with E-state index in [0.717, 1.165) is 21.7 Å². The summed E-state index contributed by atoms with van der Waals surface area (Å²) >= 11 is 6.48. The molecule has 126 valence electrons. The highest BCUT2D eigenvalue weighted by Crippen LogP contribution is 2.18. The molecule has 0 aliphatic rings. The van der Waals surface area contributed by atoms with E-state index in [2.05, 4.69) is 16.2 Å². The summed E-state index contributed by atoms with van der Waals surface area (Å²) < 4.78 is 12.8. The summed E-state index contributed by atoms with van der Waals surface area (Å²) in [5.74, 6) is -0.326. The van der Waals surface area contributed by atoms with Crippen LogP contribution in [-0.4, -0.2) is 16.8 Å². The summed E-state index contributed by atoms with van der Waals surface area (Å²) in [6, 6.07) is 11.9. The van der Waals surface area contributed by atoms with Crippen molar-refractivity contribution in [3.63, 3.8) is 0 Å². The molecular formula is C17H18FN3OS2. The van der Waals surface area contributed by atoms with Gasteiger partial charge in [-0.05, 0) is 67.5 Å². The molecule has 0 aliphatic carbocycles. The number of thiocarbonyl (C=S) groups is 1. The van der Waals surface area contributed by atoms with Crippen LogP contribution < -0.4 is 16.2 Å². The number of benzene rings is 2. The van der Waals surface area contributed by atoms with Gasteiger partial charge in [0, 0.05) is 10.6 Å². The van der Waals surface area contributed by atoms with E-state index in [0.29, 0.717) is 5.11 Å². The zero-order valence-electron chi connectivity index (χ0n) is 13.4. The van der Waals surface area contributed by atoms with E-state index in [-0.39, 0.29) is 17.5 Å². The molecule has 0 aromatic heterocycles. The van der Waals surface area contributed by atoms with Crippen molar-refractivity contribution in [3.8, 4) is 0 Å². The minimum Gasteiger partial charge on any atom is -0.331 e. The maximum atomic E-state index is 12.8. The number of carbonyl (C=O) groups excluding carboxylic acids is 1. The smallest absolute Gasteiger partial charge is 0.248 e. The molecule has 2 aromatic carbocycles. The van der Waals surface area contributed by atoms with Gasteiger partial charge in [-0.25, -0.2) is 4.39 Å². The molecule has 24 heavy (non-hydrogen) atoms. The first-order chi connectivity index (χ1) is 11.5. The van der Waals surface area contributed by atoms with Crippen LogP contribution in [0.3, 0.4) is 0 Å². The van der Waals surface area contributed by atoms with Gasteiger partial charge < -0.3 is 5.32 Å². The quantitative estimate of drug-likeness (QED) is 0.441. The predicted molar refractivity (Wildman–Crippen MR) is 101 cm³/mol. The van der Waals surface area contributed by atoms with Crippen LogP contribution in [0.2, 0.25) is 0 Å². The van der Waals surface area contributed by atoms with Gasteiger partial charge in [0.1, 0.15) is 5.82 Å². The maximum Gasteiger partial charge on any atom is 0.248 e. The van der Waals surface area contributed by atoms with Crippen molar-refractivity contribution in [2.24, 2.45) is 0 Å². The average molecular weight is 363 g/mol. The molecule has 7 heteroatoms. The van der Waals surface area contributed by atoms with Gasteiger partial charge in [0.05, 0.1) is 5.75 Å². The van der Waals surface area contributed by atoms with Gasteiger partial charge in [-0.3, -0.25) is 15.6 Å². The lowest BCUT2D eigenvalue weighted by Crippen LogP contribution is -2.44. The Morgan fingerprint density at radius 2 is 1.83 bits per heavy atom. The molecule has 0 spiro atoms. The monoisotopic (exact) mass is 363 g/mol. The number of halogens is 1. The Morgan fingerprint density at radius 1 is 1.12 bits per heavy atom. The van der Waals surface area contributed by atoms with Crippen molar-refractivity contribution in [1.82, 2.24) is 10.9 Å². The third-order valence-corrected chi connectivity index (χ3v) is 4.57. The van der Waals surface area contributed by atoms with Crippen molar-refractivity contribution in [2.45, 2.75) is 18.7 Å². The molecular weight excluding hydrogens is 345 g/mol. The second kappa shape index (κ2) is 8.65. The fourth-order valence-electron chi connectivity index (χ4n) is 1.88. The lowest BCUT2D eigenvalue weighted by atomic mass is 10.1. The van der Waals surface area contributed by atoms with E-state index in [4.69, 9.17) is 12.2 Å². The van der Waals surface area contributed by atoms with Crippen molar-refractivity contribution in [3.05, 3.63) is 59.4 Å². The Labute approximate surface area is 150 Å². The Kier molecular flexibility index (Phi) is 6.57. The van der Waals surface area contributed by atoms with Gasteiger partial charge in [0.2, 0.25) is 5.91 Å². The van der Waals surface area contributed by atoms with Gasteiger partial charge in [-0.2, -0.15) is 0 Å². The highest BCUT2D eigenvalue weighted by Gasteiger charge is 2.06. The van der Waals surface area contributed by atoms with E-state index in [9.17, 15) is 9.18 Å². The third kappa shape index (κ3) is 5.50. The lowest BCUT2D eigenvalue weighted by molar-refractivity contribution is -0.119. The molecule has 0 saturated heterocycles. The Morgan fingerprint density at radius 3 is 2.54 bits per heavy atom. The molecule has 0 radical (unpaired) electrons. The normalized spacial score (nSPS) is 10.1. The summed E-state index contributed by atoms with van der Waals surface area (Å²) in [4.78, 5) is 12.6. The first kappa shape index (κ1) is 18.2. The SMILES string of the molecule is Cc1cccc(NC(=S)NNC(=O)CSc2ccc(F)cc2)c1C. The summed E-state index contributed by atoms with van der Waals surface area (Å²) in [7, 11) is 0. The van der Waals surface area contributed by atoms with E-state index in [1.165, 1.54) is 23.9 Å². The number of aryl methyl sites for hydroxylation is 1. The lowest BCUT2D eigenvalue weighted by Gasteiger charge is -2.14. The molecule has 4 nitrogen and oxygen atoms in total. The number of thioether (sulfide) groups is 1. The van der Waals surface area contributed by atoms with Crippen molar-refractivity contribution in [1.29, 1.82) is 0 Å². The molecule has 0 aliphatic heterocycles. The molecule has 1 amide bonds. The van der Waals surface area contributed by atoms with E-state index >= 15 is 0 Å². The highest BCUT2D eigenvalue weighted by molar-refractivity contribution is 8.00. The summed E-state index contributed by atoms with van der Waals surface area (Å²) in [5, 5.41) is 3.35. The summed E-state index contributed by atoms with van der Waals surface area (Å²) in [6.45, 7) is 4.02. The van der Waals surface area contributed by atoms with Gasteiger partial charge in [-0.1, -0.05) is 12.1 Å². The Bertz CT molecular complexity index is 735. The molecule has 0 saturated carbocycles. The first-order valence-corrected chi connectivity index (χ1v) is 8.65. The largest absolute Gasteiger partial charge is 0.331 e. The number of hydrogen-bond acceptors (Lipinski definition) is 3. The van der Waals surface area contributed by atoms with Crippen LogP contribution in [0.15, 0.2) is 47.4 Å². The molecule has 0 atom stereocenters.